The van der Waals surface area contributed by atoms with Crippen molar-refractivity contribution in [2.75, 3.05) is 6.54 Å². The fourth-order valence-electron chi connectivity index (χ4n) is 0.399. The minimum atomic E-state index is 0.699. The average molecular weight is 100 g/mol. The molecule has 0 bridgehead atoms. The Morgan fingerprint density at radius 1 is 1.71 bits per heavy atom. The van der Waals surface area contributed by atoms with Gasteiger partial charge in [-0.3, -0.25) is 0 Å². The Labute approximate surface area is 45.9 Å². The predicted molar refractivity (Wildman–Crippen MR) is 32.8 cm³/mol. The number of nitrogens with two attached hydrogens (primary N) is 1. The Morgan fingerprint density at radius 2 is 2.29 bits per heavy atom. The van der Waals surface area contributed by atoms with Gasteiger partial charge in [0, 0.05) is 0 Å². The highest BCUT2D eigenvalue weighted by Crippen LogP contribution is 2.01. The van der Waals surface area contributed by atoms with Gasteiger partial charge in [0.25, 0.3) is 0 Å². The topological polar surface area (TPSA) is 26.0 Å². The lowest BCUT2D eigenvalue weighted by molar-refractivity contribution is 0.635. The lowest BCUT2D eigenvalue weighted by atomic mass is 10.1. The van der Waals surface area contributed by atoms with Gasteiger partial charge in [-0.05, 0) is 18.9 Å². The van der Waals surface area contributed by atoms with Gasteiger partial charge in [-0.1, -0.05) is 20.3 Å². The van der Waals surface area contributed by atoms with Crippen LogP contribution in [-0.4, -0.2) is 6.54 Å². The maximum absolute atomic E-state index is 5.25. The van der Waals surface area contributed by atoms with Crippen molar-refractivity contribution in [1.82, 2.24) is 0 Å². The van der Waals surface area contributed by atoms with Crippen molar-refractivity contribution in [3.05, 3.63) is 6.42 Å². The Balaban J connectivity index is 2.83. The third kappa shape index (κ3) is 3.80. The van der Waals surface area contributed by atoms with Gasteiger partial charge in [0.1, 0.15) is 0 Å². The summed E-state index contributed by atoms with van der Waals surface area (Å²) in [5, 5.41) is 0. The lowest BCUT2D eigenvalue weighted by Crippen LogP contribution is -2.05. The van der Waals surface area contributed by atoms with Gasteiger partial charge in [-0.25, -0.2) is 0 Å². The molecule has 0 aliphatic rings. The van der Waals surface area contributed by atoms with Gasteiger partial charge in [0.05, 0.1) is 0 Å². The van der Waals surface area contributed by atoms with Crippen LogP contribution < -0.4 is 5.73 Å². The van der Waals surface area contributed by atoms with Gasteiger partial charge >= 0.3 is 0 Å². The summed E-state index contributed by atoms with van der Waals surface area (Å²) in [6.45, 7) is 5.05. The van der Waals surface area contributed by atoms with Crippen LogP contribution in [0.5, 0.6) is 0 Å². The van der Waals surface area contributed by atoms with E-state index < -0.39 is 0 Å². The summed E-state index contributed by atoms with van der Waals surface area (Å²) < 4.78 is 0. The molecule has 0 heterocycles. The molecular weight excluding hydrogens is 86.1 g/mol. The largest absolute Gasteiger partial charge is 0.330 e. The summed E-state index contributed by atoms with van der Waals surface area (Å²) in [5.41, 5.74) is 5.25. The van der Waals surface area contributed by atoms with E-state index in [0.29, 0.717) is 5.92 Å². The second-order valence-electron chi connectivity index (χ2n) is 1.86. The van der Waals surface area contributed by atoms with E-state index in [1.54, 1.807) is 0 Å². The summed E-state index contributed by atoms with van der Waals surface area (Å²) >= 11 is 0. The zero-order valence-electron chi connectivity index (χ0n) is 5.15. The van der Waals surface area contributed by atoms with E-state index in [2.05, 4.69) is 20.3 Å². The van der Waals surface area contributed by atoms with Crippen molar-refractivity contribution in [3.8, 4) is 0 Å². The molecule has 0 aromatic heterocycles. The van der Waals surface area contributed by atoms with Crippen molar-refractivity contribution in [1.29, 1.82) is 0 Å². The van der Waals surface area contributed by atoms with Crippen LogP contribution in [0.4, 0.5) is 0 Å². The standard InChI is InChI=1S/C6H14N/c1-3-6(2)4-5-7/h4,6H,3,5,7H2,1-2H3. The molecule has 0 saturated carbocycles. The molecule has 2 N–H and O–H groups in total. The van der Waals surface area contributed by atoms with Crippen molar-refractivity contribution in [2.45, 2.75) is 20.3 Å². The van der Waals surface area contributed by atoms with Crippen LogP contribution in [0, 0.1) is 12.3 Å². The molecule has 43 valence electrons. The predicted octanol–water partition coefficient (Wildman–Crippen LogP) is 1.20. The quantitative estimate of drug-likeness (QED) is 0.566. The highest BCUT2D eigenvalue weighted by Gasteiger charge is 1.93. The molecule has 1 unspecified atom stereocenters. The van der Waals surface area contributed by atoms with Crippen LogP contribution in [0.25, 0.3) is 0 Å². The molecule has 0 rings (SSSR count). The third-order valence-corrected chi connectivity index (χ3v) is 1.18. The monoisotopic (exact) mass is 100 g/mol. The molecule has 1 atom stereocenters. The van der Waals surface area contributed by atoms with E-state index in [4.69, 9.17) is 5.73 Å². The molecule has 1 heteroatoms. The minimum Gasteiger partial charge on any atom is -0.330 e. The van der Waals surface area contributed by atoms with E-state index in [0.717, 1.165) is 6.54 Å². The van der Waals surface area contributed by atoms with Crippen LogP contribution in [0.1, 0.15) is 20.3 Å². The van der Waals surface area contributed by atoms with Crippen molar-refractivity contribution < 1.29 is 0 Å². The average Bonchev–Trinajstić information content (AvgIpc) is 1.68. The molecular formula is C6H14N. The first kappa shape index (κ1) is 6.96. The third-order valence-electron chi connectivity index (χ3n) is 1.18. The Kier molecular flexibility index (Phi) is 4.10. The van der Waals surface area contributed by atoms with E-state index >= 15 is 0 Å². The second kappa shape index (κ2) is 4.13. The highest BCUT2D eigenvalue weighted by molar-refractivity contribution is 4.70. The molecule has 0 amide bonds. The maximum atomic E-state index is 5.25. The van der Waals surface area contributed by atoms with Gasteiger partial charge in [0.2, 0.25) is 0 Å². The fraction of sp³-hybridized carbons (Fsp3) is 0.833. The van der Waals surface area contributed by atoms with E-state index in [1.807, 2.05) is 0 Å². The molecule has 0 aliphatic heterocycles. The van der Waals surface area contributed by atoms with Crippen LogP contribution in [0.15, 0.2) is 0 Å². The Morgan fingerprint density at radius 3 is 2.43 bits per heavy atom. The first-order chi connectivity index (χ1) is 3.31. The number of hydrogen-bond acceptors (Lipinski definition) is 1. The van der Waals surface area contributed by atoms with Gasteiger partial charge in [-0.15, -0.1) is 0 Å². The normalized spacial score (nSPS) is 14.1. The molecule has 7 heavy (non-hydrogen) atoms. The SMILES string of the molecule is CCC(C)[CH]CN. The van der Waals surface area contributed by atoms with Crippen LogP contribution in [-0.2, 0) is 0 Å². The smallest absolute Gasteiger partial charge is 0.00431 e. The molecule has 0 aromatic carbocycles. The van der Waals surface area contributed by atoms with Crippen LogP contribution in [0.2, 0.25) is 0 Å². The van der Waals surface area contributed by atoms with Gasteiger partial charge in [0.15, 0.2) is 0 Å². The Bertz CT molecular complexity index is 35.2. The van der Waals surface area contributed by atoms with Crippen LogP contribution >= 0.6 is 0 Å². The molecule has 0 aliphatic carbocycles. The van der Waals surface area contributed by atoms with Crippen molar-refractivity contribution in [2.24, 2.45) is 11.7 Å². The summed E-state index contributed by atoms with van der Waals surface area (Å²) in [5.74, 6) is 0.699. The second-order valence-corrected chi connectivity index (χ2v) is 1.86. The summed E-state index contributed by atoms with van der Waals surface area (Å²) in [6.07, 6.45) is 3.33. The first-order valence-corrected chi connectivity index (χ1v) is 2.84. The molecule has 0 fully saturated rings. The zero-order chi connectivity index (χ0) is 5.70. The first-order valence-electron chi connectivity index (χ1n) is 2.84. The molecule has 0 saturated heterocycles. The zero-order valence-corrected chi connectivity index (χ0v) is 5.15. The summed E-state index contributed by atoms with van der Waals surface area (Å²) in [7, 11) is 0. The summed E-state index contributed by atoms with van der Waals surface area (Å²) in [6, 6.07) is 0. The van der Waals surface area contributed by atoms with E-state index in [9.17, 15) is 0 Å². The Hall–Kier alpha value is -0.0400. The van der Waals surface area contributed by atoms with Crippen molar-refractivity contribution in [3.63, 3.8) is 0 Å². The number of hydrogen-bond donors (Lipinski definition) is 1. The molecule has 0 spiro atoms. The molecule has 1 nitrogen and oxygen atoms in total. The lowest BCUT2D eigenvalue weighted by Gasteiger charge is -2.02. The molecule has 1 radical (unpaired) electrons. The van der Waals surface area contributed by atoms with Crippen LogP contribution in [0.3, 0.4) is 0 Å². The van der Waals surface area contributed by atoms with Gasteiger partial charge < -0.3 is 5.73 Å². The minimum absolute atomic E-state index is 0.699. The van der Waals surface area contributed by atoms with Crippen molar-refractivity contribution >= 4 is 0 Å². The highest BCUT2D eigenvalue weighted by atomic mass is 14.5. The molecule has 0 aromatic rings. The van der Waals surface area contributed by atoms with Gasteiger partial charge in [-0.2, -0.15) is 0 Å². The summed E-state index contributed by atoms with van der Waals surface area (Å²) in [4.78, 5) is 0. The van der Waals surface area contributed by atoms with E-state index in [1.165, 1.54) is 6.42 Å². The van der Waals surface area contributed by atoms with E-state index in [-0.39, 0.29) is 0 Å². The maximum Gasteiger partial charge on any atom is -0.00431 e. The fourth-order valence-corrected chi connectivity index (χ4v) is 0.399. The number of rotatable bonds is 3.